The third-order valence-electron chi connectivity index (χ3n) is 0. The normalized spacial score (nSPS) is 5.68. The van der Waals surface area contributed by atoms with Gasteiger partial charge in [0.1, 0.15) is 0 Å². The van der Waals surface area contributed by atoms with Crippen molar-refractivity contribution < 1.29 is 140 Å². The second-order valence-corrected chi connectivity index (χ2v) is 1.21. The minimum absolute atomic E-state index is 0. The van der Waals surface area contributed by atoms with Crippen LogP contribution in [-0.4, -0.2) is 61.7 Å². The molecular formula is H3AlB4O12YYb. The van der Waals surface area contributed by atoms with Gasteiger partial charge in [0.25, 0.3) is 0 Å². The number of hydrogen-bond donors (Lipinski definition) is 3. The molecule has 19 heteroatoms. The van der Waals surface area contributed by atoms with Crippen molar-refractivity contribution in [2.45, 2.75) is 0 Å². The average Bonchev–Trinajstić information content (AvgIpc) is 1.76. The van der Waals surface area contributed by atoms with Gasteiger partial charge in [-0.3, -0.25) is 22.0 Å². The molecule has 0 aromatic rings. The van der Waals surface area contributed by atoms with E-state index in [1.165, 1.54) is 0 Å². The molecule has 1 radical (unpaired) electrons. The van der Waals surface area contributed by atoms with Crippen LogP contribution in [0.3, 0.4) is 0 Å². The SMILES string of the molecule is OB(O)O.[Al+3].[O-]B([O-])[O-].[O-]B([O-])[O-].[O-]B([O-])[O-].[Y+3].[Yb+3]. The van der Waals surface area contributed by atoms with Crippen molar-refractivity contribution in [3.8, 4) is 0 Å². The number of hydrogen-bond acceptors (Lipinski definition) is 12. The van der Waals surface area contributed by atoms with Gasteiger partial charge in [-0.05, 0) is 0 Å². The zero-order valence-electron chi connectivity index (χ0n) is 8.75. The largest absolute Gasteiger partial charge is 3.00 e. The van der Waals surface area contributed by atoms with Gasteiger partial charge in [-0.25, -0.2) is 0 Å². The van der Waals surface area contributed by atoms with Gasteiger partial charge in [-0.15, -0.1) is 0 Å². The first-order valence-electron chi connectivity index (χ1n) is 2.90. The predicted molar refractivity (Wildman–Crippen MR) is 35.4 cm³/mol. The maximum absolute atomic E-state index is 8.42. The van der Waals surface area contributed by atoms with Crippen molar-refractivity contribution in [2.75, 3.05) is 0 Å². The summed E-state index contributed by atoms with van der Waals surface area (Å²) in [5.74, 6) is 0. The molecule has 0 heterocycles. The molecule has 0 aromatic heterocycles. The maximum Gasteiger partial charge on any atom is 3.00 e. The molecule has 0 spiro atoms. The molecule has 0 aliphatic heterocycles. The Morgan fingerprint density at radius 1 is 0.526 bits per heavy atom. The van der Waals surface area contributed by atoms with E-state index in [-0.39, 0.29) is 97.0 Å². The average molecular weight is 527 g/mol. The monoisotopic (exact) mass is 529 g/mol. The predicted octanol–water partition coefficient (Wildman–Crippen LogP) is -14.3. The fourth-order valence-electron chi connectivity index (χ4n) is 0. The summed E-state index contributed by atoms with van der Waals surface area (Å²) < 4.78 is 0. The Labute approximate surface area is 184 Å². The van der Waals surface area contributed by atoms with Crippen LogP contribution in [0.5, 0.6) is 0 Å². The molecule has 12 nitrogen and oxygen atoms in total. The van der Waals surface area contributed by atoms with Crippen LogP contribution in [0, 0.1) is 46.9 Å². The van der Waals surface area contributed by atoms with Crippen molar-refractivity contribution in [1.82, 2.24) is 0 Å². The van der Waals surface area contributed by atoms with Gasteiger partial charge in [-0.2, -0.15) is 0 Å². The van der Waals surface area contributed by atoms with Crippen LogP contribution in [0.4, 0.5) is 0 Å². The van der Waals surface area contributed by atoms with Crippen molar-refractivity contribution >= 4 is 46.6 Å². The Kier molecular flexibility index (Phi) is 84.6. The quantitative estimate of drug-likeness (QED) is 0.248. The van der Waals surface area contributed by atoms with E-state index in [2.05, 4.69) is 0 Å². The van der Waals surface area contributed by atoms with Crippen molar-refractivity contribution in [3.63, 3.8) is 0 Å². The minimum Gasteiger partial charge on any atom is -0.907 e. The first kappa shape index (κ1) is 43.1. The van der Waals surface area contributed by atoms with E-state index in [1.807, 2.05) is 0 Å². The Balaban J connectivity index is -0.0000000192. The number of rotatable bonds is 0. The molecule has 0 rings (SSSR count). The Morgan fingerprint density at radius 3 is 0.526 bits per heavy atom. The fraction of sp³-hybridized carbons (Fsp3) is 0. The van der Waals surface area contributed by atoms with Gasteiger partial charge >= 0.3 is 104 Å². The van der Waals surface area contributed by atoms with Crippen LogP contribution < -0.4 is 45.2 Å². The molecule has 0 aliphatic rings. The summed E-state index contributed by atoms with van der Waals surface area (Å²) >= 11 is 0. The minimum atomic E-state index is -2.92. The van der Waals surface area contributed by atoms with Gasteiger partial charge < -0.3 is 60.3 Å². The van der Waals surface area contributed by atoms with Crippen LogP contribution in [0.15, 0.2) is 0 Å². The zero-order chi connectivity index (χ0) is 14.3. The van der Waals surface area contributed by atoms with Crippen LogP contribution in [0.1, 0.15) is 0 Å². The molecule has 0 saturated carbocycles. The van der Waals surface area contributed by atoms with E-state index < -0.39 is 29.3 Å². The summed E-state index contributed by atoms with van der Waals surface area (Å²) in [7, 11) is -10.9. The zero-order valence-corrected chi connectivity index (χ0v) is 14.5. The maximum atomic E-state index is 8.42. The van der Waals surface area contributed by atoms with E-state index in [9.17, 15) is 0 Å². The van der Waals surface area contributed by atoms with Crippen LogP contribution in [0.2, 0.25) is 0 Å². The second kappa shape index (κ2) is 37.3. The van der Waals surface area contributed by atoms with Crippen LogP contribution in [0.25, 0.3) is 0 Å². The summed E-state index contributed by atoms with van der Waals surface area (Å²) in [4.78, 5) is 0. The molecular weight excluding hydrogens is 524 g/mol. The third-order valence-corrected chi connectivity index (χ3v) is 0. The summed E-state index contributed by atoms with van der Waals surface area (Å²) in [5.41, 5.74) is 0. The Bertz CT molecular complexity index is 72.7. The molecule has 0 unspecified atom stereocenters. The van der Waals surface area contributed by atoms with Gasteiger partial charge in [0.15, 0.2) is 0 Å². The van der Waals surface area contributed by atoms with E-state index in [1.54, 1.807) is 0 Å². The molecule has 107 valence electrons. The van der Waals surface area contributed by atoms with Crippen molar-refractivity contribution in [3.05, 3.63) is 0 Å². The smallest absolute Gasteiger partial charge is 0.907 e. The summed E-state index contributed by atoms with van der Waals surface area (Å²) in [6, 6.07) is 0. The first-order chi connectivity index (χ1) is 6.93. The molecule has 0 atom stereocenters. The molecule has 0 saturated heterocycles. The van der Waals surface area contributed by atoms with Gasteiger partial charge in [0.05, 0.1) is 0 Å². The van der Waals surface area contributed by atoms with Crippen LogP contribution in [-0.2, 0) is 32.7 Å². The summed E-state index contributed by atoms with van der Waals surface area (Å²) in [6.07, 6.45) is 0. The topological polar surface area (TPSA) is 268 Å². The Hall–Kier alpha value is 2.94. The van der Waals surface area contributed by atoms with Gasteiger partial charge in [-0.1, -0.05) is 0 Å². The fourth-order valence-corrected chi connectivity index (χ4v) is 0. The third kappa shape index (κ3) is 871. The van der Waals surface area contributed by atoms with Crippen molar-refractivity contribution in [1.29, 1.82) is 0 Å². The van der Waals surface area contributed by atoms with E-state index in [4.69, 9.17) is 60.3 Å². The molecule has 0 aliphatic carbocycles. The first-order valence-corrected chi connectivity index (χ1v) is 2.90. The standard InChI is InChI=1S/Al.BH3O3.3BO3.Y.Yb/c;4*2-1(3)4;;/h;2-4H;;;;;/q+3;;3*-3;2*+3. The van der Waals surface area contributed by atoms with E-state index in [0.29, 0.717) is 0 Å². The molecule has 0 fully saturated rings. The van der Waals surface area contributed by atoms with E-state index in [0.717, 1.165) is 0 Å². The summed E-state index contributed by atoms with van der Waals surface area (Å²) in [5, 5.41) is 97.2. The molecule has 0 bridgehead atoms. The second-order valence-electron chi connectivity index (χ2n) is 1.21. The molecule has 3 N–H and O–H groups in total. The van der Waals surface area contributed by atoms with Crippen molar-refractivity contribution in [2.24, 2.45) is 0 Å². The van der Waals surface area contributed by atoms with E-state index >= 15 is 0 Å². The van der Waals surface area contributed by atoms with Crippen LogP contribution >= 0.6 is 0 Å². The molecule has 19 heavy (non-hydrogen) atoms. The molecule has 0 aromatic carbocycles. The van der Waals surface area contributed by atoms with Gasteiger partial charge in [0, 0.05) is 0 Å². The summed E-state index contributed by atoms with van der Waals surface area (Å²) in [6.45, 7) is 0. The Morgan fingerprint density at radius 2 is 0.526 bits per heavy atom. The molecule has 0 amide bonds. The van der Waals surface area contributed by atoms with Gasteiger partial charge in [0.2, 0.25) is 0 Å².